The molecule has 5 aromatic rings. The van der Waals surface area contributed by atoms with Gasteiger partial charge in [0.2, 0.25) is 0 Å². The van der Waals surface area contributed by atoms with Crippen LogP contribution in [-0.2, 0) is 7.05 Å². The Kier molecular flexibility index (Phi) is 4.24. The van der Waals surface area contributed by atoms with Crippen molar-refractivity contribution in [2.45, 2.75) is 13.0 Å². The van der Waals surface area contributed by atoms with E-state index >= 15 is 0 Å². The van der Waals surface area contributed by atoms with E-state index in [0.717, 1.165) is 39.4 Å². The predicted molar refractivity (Wildman–Crippen MR) is 113 cm³/mol. The normalized spacial score (nSPS) is 11.4. The number of rotatable bonds is 4. The minimum absolute atomic E-state index is 0.219. The zero-order chi connectivity index (χ0) is 20.7. The first-order valence-corrected chi connectivity index (χ1v) is 9.56. The molecule has 0 radical (unpaired) electrons. The molecular weight excluding hydrogens is 378 g/mol. The average molecular weight is 397 g/mol. The van der Waals surface area contributed by atoms with E-state index in [2.05, 4.69) is 25.3 Å². The highest BCUT2D eigenvalue weighted by atomic mass is 16.1. The molecule has 0 atom stereocenters. The Labute approximate surface area is 171 Å². The molecule has 4 heterocycles. The van der Waals surface area contributed by atoms with Crippen LogP contribution in [0.3, 0.4) is 0 Å². The topological polar surface area (TPSA) is 94.3 Å². The number of aryl methyl sites for hydroxylation is 2. The predicted octanol–water partition coefficient (Wildman–Crippen LogP) is 2.86. The second-order valence-corrected chi connectivity index (χ2v) is 7.09. The molecule has 0 unspecified atom stereocenters. The second kappa shape index (κ2) is 7.07. The van der Waals surface area contributed by atoms with Gasteiger partial charge >= 0.3 is 5.69 Å². The number of aromatic nitrogens is 7. The summed E-state index contributed by atoms with van der Waals surface area (Å²) in [5, 5.41) is 8.25. The van der Waals surface area contributed by atoms with Gasteiger partial charge in [0.25, 0.3) is 0 Å². The first-order chi connectivity index (χ1) is 14.6. The summed E-state index contributed by atoms with van der Waals surface area (Å²) in [6, 6.07) is 16.7. The van der Waals surface area contributed by atoms with Gasteiger partial charge in [-0.3, -0.25) is 14.5 Å². The Morgan fingerprint density at radius 1 is 0.967 bits per heavy atom. The number of H-pyrrole nitrogens is 1. The third kappa shape index (κ3) is 2.89. The molecule has 8 nitrogen and oxygen atoms in total. The van der Waals surface area contributed by atoms with Gasteiger partial charge in [0.15, 0.2) is 0 Å². The Hall–Kier alpha value is -4.07. The molecule has 0 saturated carbocycles. The summed E-state index contributed by atoms with van der Waals surface area (Å²) in [7, 11) is 1.86. The van der Waals surface area contributed by atoms with E-state index in [4.69, 9.17) is 0 Å². The molecule has 0 saturated heterocycles. The number of aromatic amines is 1. The van der Waals surface area contributed by atoms with Gasteiger partial charge < -0.3 is 4.98 Å². The number of hydrogen-bond acceptors (Lipinski definition) is 5. The van der Waals surface area contributed by atoms with Crippen molar-refractivity contribution in [1.29, 1.82) is 0 Å². The zero-order valence-electron chi connectivity index (χ0n) is 16.5. The van der Waals surface area contributed by atoms with Crippen LogP contribution >= 0.6 is 0 Å². The van der Waals surface area contributed by atoms with E-state index in [1.165, 1.54) is 0 Å². The molecule has 0 amide bonds. The monoisotopic (exact) mass is 397 g/mol. The van der Waals surface area contributed by atoms with E-state index in [0.29, 0.717) is 0 Å². The van der Waals surface area contributed by atoms with Crippen molar-refractivity contribution >= 4 is 11.0 Å². The Bertz CT molecular complexity index is 1320. The summed E-state index contributed by atoms with van der Waals surface area (Å²) in [6.07, 6.45) is 3.45. The molecule has 0 aliphatic rings. The van der Waals surface area contributed by atoms with Crippen molar-refractivity contribution in [2.24, 2.45) is 7.05 Å². The lowest BCUT2D eigenvalue weighted by Crippen LogP contribution is -2.25. The summed E-state index contributed by atoms with van der Waals surface area (Å²) < 4.78 is 3.45. The van der Waals surface area contributed by atoms with Crippen LogP contribution < -0.4 is 5.69 Å². The molecule has 0 spiro atoms. The fourth-order valence-corrected chi connectivity index (χ4v) is 3.87. The van der Waals surface area contributed by atoms with E-state index in [9.17, 15) is 4.79 Å². The summed E-state index contributed by atoms with van der Waals surface area (Å²) in [4.78, 5) is 25.1. The summed E-state index contributed by atoms with van der Waals surface area (Å²) in [5.41, 5.74) is 5.43. The number of benzene rings is 1. The highest BCUT2D eigenvalue weighted by molar-refractivity contribution is 5.82. The van der Waals surface area contributed by atoms with Crippen molar-refractivity contribution in [3.63, 3.8) is 0 Å². The van der Waals surface area contributed by atoms with Crippen LogP contribution in [0.25, 0.3) is 22.3 Å². The SMILES string of the molecule is Cc1nnn(C)c1-c1ccc2[nH]c(=O)n(C(c3ccccn3)c3ccccn3)c2c1. The molecular formula is C22H19N7O. The Morgan fingerprint density at radius 3 is 2.23 bits per heavy atom. The highest BCUT2D eigenvalue weighted by Gasteiger charge is 2.24. The maximum atomic E-state index is 13.1. The van der Waals surface area contributed by atoms with Crippen LogP contribution in [0.2, 0.25) is 0 Å². The number of pyridine rings is 2. The summed E-state index contributed by atoms with van der Waals surface area (Å²) in [5.74, 6) is 0. The lowest BCUT2D eigenvalue weighted by molar-refractivity contribution is 0.636. The van der Waals surface area contributed by atoms with Crippen LogP contribution in [0.15, 0.2) is 71.8 Å². The van der Waals surface area contributed by atoms with Gasteiger partial charge in [-0.2, -0.15) is 0 Å². The van der Waals surface area contributed by atoms with Gasteiger partial charge in [-0.1, -0.05) is 23.4 Å². The van der Waals surface area contributed by atoms with Crippen molar-refractivity contribution in [3.8, 4) is 11.3 Å². The van der Waals surface area contributed by atoms with Crippen LogP contribution in [0.4, 0.5) is 0 Å². The molecule has 0 fully saturated rings. The van der Waals surface area contributed by atoms with Gasteiger partial charge in [0, 0.05) is 25.0 Å². The Morgan fingerprint density at radius 2 is 1.67 bits per heavy atom. The molecule has 5 rings (SSSR count). The third-order valence-corrected chi connectivity index (χ3v) is 5.18. The number of hydrogen-bond donors (Lipinski definition) is 1. The molecule has 1 N–H and O–H groups in total. The molecule has 0 bridgehead atoms. The smallest absolute Gasteiger partial charge is 0.306 e. The maximum absolute atomic E-state index is 13.1. The van der Waals surface area contributed by atoms with Gasteiger partial charge in [-0.25, -0.2) is 9.48 Å². The lowest BCUT2D eigenvalue weighted by Gasteiger charge is -2.18. The first-order valence-electron chi connectivity index (χ1n) is 9.56. The molecule has 148 valence electrons. The zero-order valence-corrected chi connectivity index (χ0v) is 16.5. The second-order valence-electron chi connectivity index (χ2n) is 7.09. The minimum Gasteiger partial charge on any atom is -0.306 e. The maximum Gasteiger partial charge on any atom is 0.327 e. The van der Waals surface area contributed by atoms with Gasteiger partial charge in [0.05, 0.1) is 33.8 Å². The first kappa shape index (κ1) is 18.0. The summed E-state index contributed by atoms with van der Waals surface area (Å²) >= 11 is 0. The molecule has 0 aliphatic heterocycles. The van der Waals surface area contributed by atoms with Crippen molar-refractivity contribution in [1.82, 2.24) is 34.5 Å². The number of nitrogens with zero attached hydrogens (tertiary/aromatic N) is 6. The minimum atomic E-state index is -0.463. The molecule has 8 heteroatoms. The van der Waals surface area contributed by atoms with E-state index in [-0.39, 0.29) is 5.69 Å². The molecule has 30 heavy (non-hydrogen) atoms. The van der Waals surface area contributed by atoms with Gasteiger partial charge in [0.1, 0.15) is 6.04 Å². The van der Waals surface area contributed by atoms with Crippen LogP contribution in [-0.4, -0.2) is 34.5 Å². The standard InChI is InChI=1S/C22H19N7O/c1-14-20(28(2)27-26-14)15-9-10-16-19(13-15)29(22(30)25-16)21(17-7-3-5-11-23-17)18-8-4-6-12-24-18/h3-13,21H,1-2H3,(H,25,30). The van der Waals surface area contributed by atoms with Crippen molar-refractivity contribution < 1.29 is 0 Å². The van der Waals surface area contributed by atoms with Crippen LogP contribution in [0.5, 0.6) is 0 Å². The molecule has 4 aromatic heterocycles. The number of imidazole rings is 1. The van der Waals surface area contributed by atoms with Crippen LogP contribution in [0, 0.1) is 6.92 Å². The van der Waals surface area contributed by atoms with Gasteiger partial charge in [-0.15, -0.1) is 5.10 Å². The van der Waals surface area contributed by atoms with E-state index in [1.54, 1.807) is 21.6 Å². The highest BCUT2D eigenvalue weighted by Crippen LogP contribution is 2.29. The van der Waals surface area contributed by atoms with E-state index < -0.39 is 6.04 Å². The Balaban J connectivity index is 1.79. The molecule has 0 aliphatic carbocycles. The number of nitrogens with one attached hydrogen (secondary N) is 1. The van der Waals surface area contributed by atoms with E-state index in [1.807, 2.05) is 68.6 Å². The fraction of sp³-hybridized carbons (Fsp3) is 0.136. The quantitative estimate of drug-likeness (QED) is 0.503. The fourth-order valence-electron chi connectivity index (χ4n) is 3.87. The van der Waals surface area contributed by atoms with Crippen LogP contribution in [0.1, 0.15) is 23.1 Å². The van der Waals surface area contributed by atoms with Gasteiger partial charge in [-0.05, 0) is 43.3 Å². The average Bonchev–Trinajstić information content (AvgIpc) is 3.28. The summed E-state index contributed by atoms with van der Waals surface area (Å²) in [6.45, 7) is 1.92. The molecule has 1 aromatic carbocycles. The van der Waals surface area contributed by atoms with Crippen molar-refractivity contribution in [3.05, 3.63) is 94.6 Å². The number of fused-ring (bicyclic) bond motifs is 1. The largest absolute Gasteiger partial charge is 0.327 e. The van der Waals surface area contributed by atoms with Crippen molar-refractivity contribution in [2.75, 3.05) is 0 Å². The third-order valence-electron chi connectivity index (χ3n) is 5.18. The lowest BCUT2D eigenvalue weighted by atomic mass is 10.1.